The Bertz CT molecular complexity index is 624. The molecular weight excluding hydrogens is 250 g/mol. The summed E-state index contributed by atoms with van der Waals surface area (Å²) in [7, 11) is 0. The van der Waals surface area contributed by atoms with Gasteiger partial charge >= 0.3 is 0 Å². The topological polar surface area (TPSA) is 52.5 Å². The number of fused-ring (bicyclic) bond motifs is 1. The summed E-state index contributed by atoms with van der Waals surface area (Å²) in [5.41, 5.74) is 3.58. The summed E-state index contributed by atoms with van der Waals surface area (Å²) in [6.45, 7) is 2.10. The summed E-state index contributed by atoms with van der Waals surface area (Å²) in [5, 5.41) is 22.7. The monoisotopic (exact) mass is 269 g/mol. The molecular formula is C17H19NO2. The van der Waals surface area contributed by atoms with Crippen molar-refractivity contribution in [3.63, 3.8) is 0 Å². The third-order valence-electron chi connectivity index (χ3n) is 4.03. The molecule has 104 valence electrons. The van der Waals surface area contributed by atoms with Gasteiger partial charge in [0.25, 0.3) is 0 Å². The van der Waals surface area contributed by atoms with Crippen LogP contribution in [0.1, 0.15) is 42.1 Å². The molecule has 0 radical (unpaired) electrons. The van der Waals surface area contributed by atoms with Gasteiger partial charge < -0.3 is 15.5 Å². The molecule has 0 amide bonds. The highest BCUT2D eigenvalue weighted by Crippen LogP contribution is 2.35. The number of aryl methyl sites for hydroxylation is 1. The standard InChI is InChI=1S/C17H19NO2/c1-11(12-3-2-4-14(19)9-12)18-17-8-5-13-10-15(20)6-7-16(13)17/h2-4,6-7,9-11,17-20H,5,8H2,1H3. The molecule has 0 heterocycles. The average molecular weight is 269 g/mol. The molecule has 2 atom stereocenters. The van der Waals surface area contributed by atoms with Crippen molar-refractivity contribution in [1.82, 2.24) is 5.32 Å². The third-order valence-corrected chi connectivity index (χ3v) is 4.03. The van der Waals surface area contributed by atoms with Crippen LogP contribution in [0.4, 0.5) is 0 Å². The van der Waals surface area contributed by atoms with E-state index in [9.17, 15) is 10.2 Å². The van der Waals surface area contributed by atoms with Crippen molar-refractivity contribution in [2.45, 2.75) is 31.8 Å². The average Bonchev–Trinajstić information content (AvgIpc) is 2.81. The van der Waals surface area contributed by atoms with Gasteiger partial charge in [0, 0.05) is 12.1 Å². The molecule has 0 fully saturated rings. The zero-order chi connectivity index (χ0) is 14.1. The van der Waals surface area contributed by atoms with Crippen molar-refractivity contribution in [1.29, 1.82) is 0 Å². The number of phenolic OH excluding ortho intramolecular Hbond substituents is 2. The van der Waals surface area contributed by atoms with Crippen LogP contribution < -0.4 is 5.32 Å². The Labute approximate surface area is 118 Å². The normalized spacial score (nSPS) is 18.8. The molecule has 3 heteroatoms. The van der Waals surface area contributed by atoms with Gasteiger partial charge in [-0.05, 0) is 60.7 Å². The van der Waals surface area contributed by atoms with Crippen LogP contribution in [-0.4, -0.2) is 10.2 Å². The first kappa shape index (κ1) is 13.0. The van der Waals surface area contributed by atoms with Gasteiger partial charge in [0.2, 0.25) is 0 Å². The van der Waals surface area contributed by atoms with E-state index in [1.54, 1.807) is 18.2 Å². The van der Waals surface area contributed by atoms with Gasteiger partial charge in [0.15, 0.2) is 0 Å². The van der Waals surface area contributed by atoms with Crippen LogP contribution in [-0.2, 0) is 6.42 Å². The van der Waals surface area contributed by atoms with E-state index in [2.05, 4.69) is 12.2 Å². The van der Waals surface area contributed by atoms with Crippen molar-refractivity contribution in [2.24, 2.45) is 0 Å². The smallest absolute Gasteiger partial charge is 0.115 e. The Kier molecular flexibility index (Phi) is 3.36. The van der Waals surface area contributed by atoms with Crippen LogP contribution in [0.2, 0.25) is 0 Å². The molecule has 2 aromatic rings. The van der Waals surface area contributed by atoms with E-state index in [1.807, 2.05) is 24.3 Å². The van der Waals surface area contributed by atoms with Crippen LogP contribution in [0.5, 0.6) is 11.5 Å². The van der Waals surface area contributed by atoms with E-state index >= 15 is 0 Å². The molecule has 1 aliphatic rings. The minimum atomic E-state index is 0.173. The minimum Gasteiger partial charge on any atom is -0.508 e. The highest BCUT2D eigenvalue weighted by Gasteiger charge is 2.24. The number of aromatic hydroxyl groups is 2. The van der Waals surface area contributed by atoms with Gasteiger partial charge in [-0.1, -0.05) is 18.2 Å². The van der Waals surface area contributed by atoms with E-state index in [0.29, 0.717) is 17.5 Å². The van der Waals surface area contributed by atoms with Crippen LogP contribution in [0.3, 0.4) is 0 Å². The van der Waals surface area contributed by atoms with E-state index in [-0.39, 0.29) is 6.04 Å². The van der Waals surface area contributed by atoms with Crippen LogP contribution in [0, 0.1) is 0 Å². The Morgan fingerprint density at radius 3 is 2.70 bits per heavy atom. The second kappa shape index (κ2) is 5.17. The number of nitrogens with one attached hydrogen (secondary N) is 1. The quantitative estimate of drug-likeness (QED) is 0.800. The molecule has 3 nitrogen and oxygen atoms in total. The van der Waals surface area contributed by atoms with Crippen molar-refractivity contribution in [3.8, 4) is 11.5 Å². The summed E-state index contributed by atoms with van der Waals surface area (Å²) in [6, 6.07) is 13.5. The zero-order valence-corrected chi connectivity index (χ0v) is 11.5. The summed E-state index contributed by atoms with van der Waals surface area (Å²) in [6.07, 6.45) is 2.04. The summed E-state index contributed by atoms with van der Waals surface area (Å²) < 4.78 is 0. The highest BCUT2D eigenvalue weighted by molar-refractivity contribution is 5.40. The van der Waals surface area contributed by atoms with Crippen molar-refractivity contribution in [2.75, 3.05) is 0 Å². The third kappa shape index (κ3) is 2.49. The summed E-state index contributed by atoms with van der Waals surface area (Å²) >= 11 is 0. The molecule has 0 saturated carbocycles. The van der Waals surface area contributed by atoms with Gasteiger partial charge in [0.1, 0.15) is 11.5 Å². The largest absolute Gasteiger partial charge is 0.508 e. The number of benzene rings is 2. The molecule has 3 rings (SSSR count). The number of phenols is 2. The fraction of sp³-hybridized carbons (Fsp3) is 0.294. The van der Waals surface area contributed by atoms with Crippen LogP contribution in [0.15, 0.2) is 42.5 Å². The SMILES string of the molecule is CC(NC1CCc2cc(O)ccc21)c1cccc(O)c1. The predicted octanol–water partition coefficient (Wildman–Crippen LogP) is 3.44. The zero-order valence-electron chi connectivity index (χ0n) is 11.5. The van der Waals surface area contributed by atoms with Gasteiger partial charge in [-0.15, -0.1) is 0 Å². The summed E-state index contributed by atoms with van der Waals surface area (Å²) in [4.78, 5) is 0. The van der Waals surface area contributed by atoms with Gasteiger partial charge in [0.05, 0.1) is 0 Å². The molecule has 2 unspecified atom stereocenters. The minimum absolute atomic E-state index is 0.173. The molecule has 2 aromatic carbocycles. The fourth-order valence-electron chi connectivity index (χ4n) is 2.97. The Hall–Kier alpha value is -2.00. The molecule has 0 aromatic heterocycles. The molecule has 3 N–H and O–H groups in total. The second-order valence-electron chi connectivity index (χ2n) is 5.46. The molecule has 0 spiro atoms. The first-order valence-corrected chi connectivity index (χ1v) is 7.00. The first-order valence-electron chi connectivity index (χ1n) is 7.00. The van der Waals surface area contributed by atoms with E-state index in [1.165, 1.54) is 11.1 Å². The van der Waals surface area contributed by atoms with E-state index < -0.39 is 0 Å². The molecule has 0 bridgehead atoms. The van der Waals surface area contributed by atoms with Crippen molar-refractivity contribution >= 4 is 0 Å². The maximum Gasteiger partial charge on any atom is 0.115 e. The Balaban J connectivity index is 1.77. The van der Waals surface area contributed by atoms with Gasteiger partial charge in [-0.25, -0.2) is 0 Å². The Morgan fingerprint density at radius 2 is 1.90 bits per heavy atom. The van der Waals surface area contributed by atoms with Crippen molar-refractivity contribution < 1.29 is 10.2 Å². The lowest BCUT2D eigenvalue weighted by atomic mass is 10.0. The van der Waals surface area contributed by atoms with Gasteiger partial charge in [-0.2, -0.15) is 0 Å². The number of hydrogen-bond donors (Lipinski definition) is 3. The fourth-order valence-corrected chi connectivity index (χ4v) is 2.97. The molecule has 0 saturated heterocycles. The summed E-state index contributed by atoms with van der Waals surface area (Å²) in [5.74, 6) is 0.637. The maximum absolute atomic E-state index is 9.56. The second-order valence-corrected chi connectivity index (χ2v) is 5.46. The highest BCUT2D eigenvalue weighted by atomic mass is 16.3. The molecule has 0 aliphatic heterocycles. The Morgan fingerprint density at radius 1 is 1.10 bits per heavy atom. The first-order chi connectivity index (χ1) is 9.63. The lowest BCUT2D eigenvalue weighted by Crippen LogP contribution is -2.22. The van der Waals surface area contributed by atoms with Crippen molar-refractivity contribution in [3.05, 3.63) is 59.2 Å². The molecule has 1 aliphatic carbocycles. The molecule has 20 heavy (non-hydrogen) atoms. The number of rotatable bonds is 3. The lowest BCUT2D eigenvalue weighted by molar-refractivity contribution is 0.454. The predicted molar refractivity (Wildman–Crippen MR) is 78.8 cm³/mol. The van der Waals surface area contributed by atoms with E-state index in [0.717, 1.165) is 18.4 Å². The van der Waals surface area contributed by atoms with Crippen LogP contribution in [0.25, 0.3) is 0 Å². The van der Waals surface area contributed by atoms with E-state index in [4.69, 9.17) is 0 Å². The van der Waals surface area contributed by atoms with Crippen LogP contribution >= 0.6 is 0 Å². The lowest BCUT2D eigenvalue weighted by Gasteiger charge is -2.21. The maximum atomic E-state index is 9.56. The van der Waals surface area contributed by atoms with Gasteiger partial charge in [-0.3, -0.25) is 0 Å². The number of hydrogen-bond acceptors (Lipinski definition) is 3.